The largest absolute Gasteiger partial charge is 0.387 e. The van der Waals surface area contributed by atoms with Crippen LogP contribution in [-0.2, 0) is 6.54 Å². The number of imidazole rings is 1. The molecule has 0 amide bonds. The summed E-state index contributed by atoms with van der Waals surface area (Å²) in [6.07, 6.45) is 10.6. The number of aliphatic imine (C=N–C) groups is 1. The number of amidine groups is 1. The van der Waals surface area contributed by atoms with Crippen molar-refractivity contribution in [2.24, 2.45) is 16.6 Å². The predicted octanol–water partition coefficient (Wildman–Crippen LogP) is 1.82. The summed E-state index contributed by atoms with van der Waals surface area (Å²) in [5.41, 5.74) is 6.03. The lowest BCUT2D eigenvalue weighted by Gasteiger charge is -2.12. The van der Waals surface area contributed by atoms with Crippen LogP contribution < -0.4 is 5.73 Å². The van der Waals surface area contributed by atoms with Crippen molar-refractivity contribution in [1.29, 1.82) is 0 Å². The molecule has 1 atom stereocenters. The van der Waals surface area contributed by atoms with Crippen LogP contribution in [0.25, 0.3) is 0 Å². The molecular weight excluding hydrogens is 200 g/mol. The van der Waals surface area contributed by atoms with E-state index in [9.17, 15) is 0 Å². The molecule has 0 saturated heterocycles. The number of aromatic nitrogens is 2. The molecule has 0 spiro atoms. The predicted molar refractivity (Wildman–Crippen MR) is 65.3 cm³/mol. The summed E-state index contributed by atoms with van der Waals surface area (Å²) in [6.45, 7) is 2.95. The molecule has 1 aliphatic rings. The van der Waals surface area contributed by atoms with Gasteiger partial charge in [0.25, 0.3) is 0 Å². The molecule has 0 aliphatic heterocycles. The third-order valence-corrected chi connectivity index (χ3v) is 3.18. The molecule has 1 fully saturated rings. The van der Waals surface area contributed by atoms with Gasteiger partial charge in [0, 0.05) is 24.9 Å². The van der Waals surface area contributed by atoms with Crippen LogP contribution in [0.1, 0.15) is 32.6 Å². The topological polar surface area (TPSA) is 56.2 Å². The molecule has 88 valence electrons. The summed E-state index contributed by atoms with van der Waals surface area (Å²) < 4.78 is 2.04. The maximum Gasteiger partial charge on any atom is 0.0972 e. The first-order chi connectivity index (χ1) is 7.75. The van der Waals surface area contributed by atoms with E-state index in [2.05, 4.69) is 16.9 Å². The van der Waals surface area contributed by atoms with Gasteiger partial charge < -0.3 is 10.3 Å². The zero-order valence-corrected chi connectivity index (χ0v) is 9.84. The van der Waals surface area contributed by atoms with Gasteiger partial charge in [-0.25, -0.2) is 4.98 Å². The highest BCUT2D eigenvalue weighted by Gasteiger charge is 2.18. The second-order valence-corrected chi connectivity index (χ2v) is 4.64. The van der Waals surface area contributed by atoms with Crippen LogP contribution in [0.4, 0.5) is 0 Å². The van der Waals surface area contributed by atoms with Gasteiger partial charge in [0.05, 0.1) is 18.2 Å². The fourth-order valence-corrected chi connectivity index (χ4v) is 2.32. The number of nitrogens with zero attached hydrogens (tertiary/aromatic N) is 3. The molecule has 2 N–H and O–H groups in total. The van der Waals surface area contributed by atoms with Crippen molar-refractivity contribution in [3.63, 3.8) is 0 Å². The van der Waals surface area contributed by atoms with Crippen LogP contribution in [0.2, 0.25) is 0 Å². The smallest absolute Gasteiger partial charge is 0.0972 e. The Hall–Kier alpha value is -1.32. The van der Waals surface area contributed by atoms with Crippen LogP contribution in [-0.4, -0.2) is 21.4 Å². The SMILES string of the molecule is CC(Cn1ccnc1)N=C(N)C1CCCC1. The molecule has 4 nitrogen and oxygen atoms in total. The Labute approximate surface area is 96.6 Å². The normalized spacial score (nSPS) is 20.2. The first-order valence-electron chi connectivity index (χ1n) is 6.04. The number of nitrogens with two attached hydrogens (primary N) is 1. The van der Waals surface area contributed by atoms with Gasteiger partial charge in [0.1, 0.15) is 0 Å². The Kier molecular flexibility index (Phi) is 3.59. The molecule has 0 bridgehead atoms. The fourth-order valence-electron chi connectivity index (χ4n) is 2.32. The lowest BCUT2D eigenvalue weighted by molar-refractivity contribution is 0.582. The third-order valence-electron chi connectivity index (χ3n) is 3.18. The highest BCUT2D eigenvalue weighted by atomic mass is 15.0. The highest BCUT2D eigenvalue weighted by Crippen LogP contribution is 2.24. The van der Waals surface area contributed by atoms with Gasteiger partial charge in [-0.15, -0.1) is 0 Å². The zero-order chi connectivity index (χ0) is 11.4. The summed E-state index contributed by atoms with van der Waals surface area (Å²) in [4.78, 5) is 8.59. The van der Waals surface area contributed by atoms with E-state index in [-0.39, 0.29) is 6.04 Å². The van der Waals surface area contributed by atoms with E-state index < -0.39 is 0 Å². The summed E-state index contributed by atoms with van der Waals surface area (Å²) in [5, 5.41) is 0. The van der Waals surface area contributed by atoms with Gasteiger partial charge in [0.15, 0.2) is 0 Å². The fraction of sp³-hybridized carbons (Fsp3) is 0.667. The van der Waals surface area contributed by atoms with Gasteiger partial charge >= 0.3 is 0 Å². The van der Waals surface area contributed by atoms with Crippen molar-refractivity contribution >= 4 is 5.84 Å². The molecule has 1 heterocycles. The Morgan fingerprint density at radius 3 is 2.94 bits per heavy atom. The average Bonchev–Trinajstić information content (AvgIpc) is 2.88. The molecule has 1 aromatic rings. The van der Waals surface area contributed by atoms with Crippen molar-refractivity contribution in [1.82, 2.24) is 9.55 Å². The van der Waals surface area contributed by atoms with Gasteiger partial charge in [-0.05, 0) is 19.8 Å². The van der Waals surface area contributed by atoms with Crippen LogP contribution in [0, 0.1) is 5.92 Å². The lowest BCUT2D eigenvalue weighted by atomic mass is 10.1. The van der Waals surface area contributed by atoms with E-state index in [1.165, 1.54) is 25.7 Å². The van der Waals surface area contributed by atoms with Crippen molar-refractivity contribution < 1.29 is 0 Å². The maximum atomic E-state index is 6.03. The van der Waals surface area contributed by atoms with E-state index in [1.54, 1.807) is 6.20 Å². The Morgan fingerprint density at radius 1 is 1.56 bits per heavy atom. The monoisotopic (exact) mass is 220 g/mol. The molecule has 4 heteroatoms. The maximum absolute atomic E-state index is 6.03. The first-order valence-corrected chi connectivity index (χ1v) is 6.04. The molecule has 1 aromatic heterocycles. The van der Waals surface area contributed by atoms with Gasteiger partial charge in [-0.3, -0.25) is 4.99 Å². The van der Waals surface area contributed by atoms with Crippen LogP contribution in [0.15, 0.2) is 23.7 Å². The Balaban J connectivity index is 1.89. The molecule has 16 heavy (non-hydrogen) atoms. The highest BCUT2D eigenvalue weighted by molar-refractivity contribution is 5.83. The summed E-state index contributed by atoms with van der Waals surface area (Å²) in [5.74, 6) is 1.38. The summed E-state index contributed by atoms with van der Waals surface area (Å²) in [7, 11) is 0. The van der Waals surface area contributed by atoms with E-state index in [0.29, 0.717) is 5.92 Å². The minimum absolute atomic E-state index is 0.231. The van der Waals surface area contributed by atoms with Crippen molar-refractivity contribution in [2.45, 2.75) is 45.2 Å². The van der Waals surface area contributed by atoms with E-state index in [4.69, 9.17) is 5.73 Å². The van der Waals surface area contributed by atoms with E-state index >= 15 is 0 Å². The number of hydrogen-bond donors (Lipinski definition) is 1. The molecule has 1 saturated carbocycles. The average molecular weight is 220 g/mol. The van der Waals surface area contributed by atoms with Crippen LogP contribution >= 0.6 is 0 Å². The molecule has 0 aromatic carbocycles. The van der Waals surface area contributed by atoms with Gasteiger partial charge in [-0.1, -0.05) is 12.8 Å². The van der Waals surface area contributed by atoms with Gasteiger partial charge in [-0.2, -0.15) is 0 Å². The van der Waals surface area contributed by atoms with Crippen LogP contribution in [0.5, 0.6) is 0 Å². The minimum Gasteiger partial charge on any atom is -0.387 e. The van der Waals surface area contributed by atoms with E-state index in [0.717, 1.165) is 12.4 Å². The molecule has 1 aliphatic carbocycles. The molecule has 1 unspecified atom stereocenters. The van der Waals surface area contributed by atoms with Crippen molar-refractivity contribution in [2.75, 3.05) is 0 Å². The van der Waals surface area contributed by atoms with Crippen molar-refractivity contribution in [3.05, 3.63) is 18.7 Å². The van der Waals surface area contributed by atoms with E-state index in [1.807, 2.05) is 17.1 Å². The number of hydrogen-bond acceptors (Lipinski definition) is 2. The van der Waals surface area contributed by atoms with Crippen LogP contribution in [0.3, 0.4) is 0 Å². The quantitative estimate of drug-likeness (QED) is 0.621. The first kappa shape index (κ1) is 11.2. The summed E-state index contributed by atoms with van der Waals surface area (Å²) in [6, 6.07) is 0.231. The Morgan fingerprint density at radius 2 is 2.31 bits per heavy atom. The standard InChI is InChI=1S/C12H20N4/c1-10(8-16-7-6-14-9-16)15-12(13)11-4-2-3-5-11/h6-7,9-11H,2-5,8H2,1H3,(H2,13,15). The molecule has 0 radical (unpaired) electrons. The minimum atomic E-state index is 0.231. The second-order valence-electron chi connectivity index (χ2n) is 4.64. The van der Waals surface area contributed by atoms with Gasteiger partial charge in [0.2, 0.25) is 0 Å². The lowest BCUT2D eigenvalue weighted by Crippen LogP contribution is -2.24. The molecule has 2 rings (SSSR count). The zero-order valence-electron chi connectivity index (χ0n) is 9.84. The van der Waals surface area contributed by atoms with Crippen molar-refractivity contribution in [3.8, 4) is 0 Å². The Bertz CT molecular complexity index is 336. The number of rotatable bonds is 4. The second kappa shape index (κ2) is 5.14. The summed E-state index contributed by atoms with van der Waals surface area (Å²) >= 11 is 0. The third kappa shape index (κ3) is 2.84. The molecular formula is C12H20N4.